The molecule has 4 rings (SSSR count). The minimum Gasteiger partial charge on any atom is -0.375 e. The molecule has 0 bridgehead atoms. The average molecular weight is 344 g/mol. The molecule has 0 aliphatic carbocycles. The van der Waals surface area contributed by atoms with Gasteiger partial charge in [0.15, 0.2) is 5.43 Å². The van der Waals surface area contributed by atoms with Crippen molar-refractivity contribution in [2.24, 2.45) is 0 Å². The smallest absolute Gasteiger partial charge is 0.270 e. The van der Waals surface area contributed by atoms with Crippen molar-refractivity contribution in [2.75, 3.05) is 19.7 Å². The highest BCUT2D eigenvalue weighted by Crippen LogP contribution is 2.35. The molecule has 6 heteroatoms. The summed E-state index contributed by atoms with van der Waals surface area (Å²) in [5.41, 5.74) is -0.200. The van der Waals surface area contributed by atoms with Crippen LogP contribution in [0.3, 0.4) is 0 Å². The van der Waals surface area contributed by atoms with Crippen molar-refractivity contribution < 1.29 is 13.9 Å². The van der Waals surface area contributed by atoms with Crippen LogP contribution in [0.15, 0.2) is 29.1 Å². The average Bonchev–Trinajstić information content (AvgIpc) is 2.96. The molecule has 1 atom stereocenters. The van der Waals surface area contributed by atoms with E-state index in [0.717, 1.165) is 38.7 Å². The van der Waals surface area contributed by atoms with E-state index in [-0.39, 0.29) is 33.5 Å². The summed E-state index contributed by atoms with van der Waals surface area (Å²) >= 11 is 0. The van der Waals surface area contributed by atoms with Gasteiger partial charge in [-0.3, -0.25) is 9.59 Å². The number of nitrogens with one attached hydrogen (secondary N) is 1. The number of pyridine rings is 1. The Bertz CT molecular complexity index is 871. The summed E-state index contributed by atoms with van der Waals surface area (Å²) in [7, 11) is 0. The second-order valence-electron chi connectivity index (χ2n) is 6.99. The molecular weight excluding hydrogens is 323 g/mol. The number of aromatic nitrogens is 1. The molecule has 2 aliphatic heterocycles. The van der Waals surface area contributed by atoms with Crippen LogP contribution in [0.5, 0.6) is 0 Å². The van der Waals surface area contributed by atoms with E-state index in [1.54, 1.807) is 11.0 Å². The number of fused-ring (bicyclic) bond motifs is 1. The Labute approximate surface area is 144 Å². The molecule has 2 saturated heterocycles. The first kappa shape index (κ1) is 16.3. The van der Waals surface area contributed by atoms with Gasteiger partial charge in [-0.15, -0.1) is 0 Å². The topological polar surface area (TPSA) is 62.4 Å². The standard InChI is InChI=1S/C19H21FN2O3/c20-14-5-1-4-13-16(23)12-15(21-17(13)14)18(24)22-9-2-6-19(8-10-22)7-3-11-25-19/h1,4-5,12H,2-3,6-11H2,(H,21,23)/t19-/m0/s1. The quantitative estimate of drug-likeness (QED) is 0.865. The summed E-state index contributed by atoms with van der Waals surface area (Å²) in [6.45, 7) is 2.02. The van der Waals surface area contributed by atoms with Gasteiger partial charge in [-0.25, -0.2) is 4.39 Å². The second-order valence-corrected chi connectivity index (χ2v) is 6.99. The molecule has 25 heavy (non-hydrogen) atoms. The Kier molecular flexibility index (Phi) is 4.07. The van der Waals surface area contributed by atoms with Crippen LogP contribution in [-0.2, 0) is 4.74 Å². The number of ether oxygens (including phenoxy) is 1. The fourth-order valence-electron chi connectivity index (χ4n) is 4.04. The maximum absolute atomic E-state index is 14.0. The van der Waals surface area contributed by atoms with Crippen molar-refractivity contribution in [3.63, 3.8) is 0 Å². The van der Waals surface area contributed by atoms with Crippen LogP contribution in [0.4, 0.5) is 4.39 Å². The molecule has 132 valence electrons. The third-order valence-corrected chi connectivity index (χ3v) is 5.41. The largest absolute Gasteiger partial charge is 0.375 e. The predicted octanol–water partition coefficient (Wildman–Crippen LogP) is 2.84. The molecule has 5 nitrogen and oxygen atoms in total. The first-order valence-electron chi connectivity index (χ1n) is 8.83. The van der Waals surface area contributed by atoms with E-state index < -0.39 is 5.82 Å². The molecule has 2 aromatic rings. The highest BCUT2D eigenvalue weighted by Gasteiger charge is 2.37. The lowest BCUT2D eigenvalue weighted by Crippen LogP contribution is -2.35. The monoisotopic (exact) mass is 344 g/mol. The van der Waals surface area contributed by atoms with Gasteiger partial charge in [0.2, 0.25) is 0 Å². The van der Waals surface area contributed by atoms with E-state index in [1.165, 1.54) is 18.2 Å². The van der Waals surface area contributed by atoms with E-state index in [9.17, 15) is 14.0 Å². The number of benzene rings is 1. The molecule has 0 saturated carbocycles. The molecule has 0 radical (unpaired) electrons. The fraction of sp³-hybridized carbons (Fsp3) is 0.474. The summed E-state index contributed by atoms with van der Waals surface area (Å²) < 4.78 is 19.9. The number of carbonyl (C=O) groups excluding carboxylic acids is 1. The predicted molar refractivity (Wildman–Crippen MR) is 92.2 cm³/mol. The van der Waals surface area contributed by atoms with Crippen molar-refractivity contribution in [3.05, 3.63) is 46.0 Å². The number of nitrogens with zero attached hydrogens (tertiary/aromatic N) is 1. The summed E-state index contributed by atoms with van der Waals surface area (Å²) in [4.78, 5) is 29.7. The van der Waals surface area contributed by atoms with Crippen molar-refractivity contribution >= 4 is 16.8 Å². The molecule has 1 spiro atoms. The van der Waals surface area contributed by atoms with Crippen LogP contribution in [0.25, 0.3) is 10.9 Å². The summed E-state index contributed by atoms with van der Waals surface area (Å²) in [6.07, 6.45) is 4.76. The molecule has 2 aliphatic rings. The molecular formula is C19H21FN2O3. The van der Waals surface area contributed by atoms with Crippen LogP contribution in [0, 0.1) is 5.82 Å². The number of para-hydroxylation sites is 1. The lowest BCUT2D eigenvalue weighted by molar-refractivity contribution is -0.00692. The Morgan fingerprint density at radius 1 is 1.20 bits per heavy atom. The Hall–Kier alpha value is -2.21. The number of rotatable bonds is 1. The zero-order valence-electron chi connectivity index (χ0n) is 14.0. The number of hydrogen-bond donors (Lipinski definition) is 1. The van der Waals surface area contributed by atoms with E-state index in [4.69, 9.17) is 4.74 Å². The fourth-order valence-corrected chi connectivity index (χ4v) is 4.04. The van der Waals surface area contributed by atoms with E-state index in [1.807, 2.05) is 0 Å². The van der Waals surface area contributed by atoms with Crippen molar-refractivity contribution in [3.8, 4) is 0 Å². The summed E-state index contributed by atoms with van der Waals surface area (Å²) in [5.74, 6) is -0.782. The lowest BCUT2D eigenvalue weighted by atomic mass is 9.92. The molecule has 3 heterocycles. The minimum absolute atomic E-state index is 0.0854. The molecule has 1 aromatic carbocycles. The Morgan fingerprint density at radius 3 is 2.84 bits per heavy atom. The first-order valence-corrected chi connectivity index (χ1v) is 8.83. The van der Waals surface area contributed by atoms with Crippen LogP contribution in [0.1, 0.15) is 42.6 Å². The first-order chi connectivity index (χ1) is 12.1. The highest BCUT2D eigenvalue weighted by molar-refractivity contribution is 5.95. The zero-order valence-corrected chi connectivity index (χ0v) is 14.0. The molecule has 0 unspecified atom stereocenters. The van der Waals surface area contributed by atoms with Gasteiger partial charge >= 0.3 is 0 Å². The highest BCUT2D eigenvalue weighted by atomic mass is 19.1. The van der Waals surface area contributed by atoms with E-state index in [2.05, 4.69) is 4.98 Å². The SMILES string of the molecule is O=C(c1cc(=O)c2cccc(F)c2[nH]1)N1CCC[C@]2(CCCO2)CC1. The van der Waals surface area contributed by atoms with Crippen LogP contribution < -0.4 is 5.43 Å². The van der Waals surface area contributed by atoms with Gasteiger partial charge in [0.25, 0.3) is 5.91 Å². The number of carbonyl (C=O) groups is 1. The number of H-pyrrole nitrogens is 1. The Balaban J connectivity index is 1.61. The van der Waals surface area contributed by atoms with Gasteiger partial charge in [-0.1, -0.05) is 6.07 Å². The molecule has 2 fully saturated rings. The third-order valence-electron chi connectivity index (χ3n) is 5.41. The number of likely N-dealkylation sites (tertiary alicyclic amines) is 1. The van der Waals surface area contributed by atoms with Crippen molar-refractivity contribution in [2.45, 2.75) is 37.7 Å². The molecule has 1 amide bonds. The number of amides is 1. The van der Waals surface area contributed by atoms with Gasteiger partial charge in [0.05, 0.1) is 11.1 Å². The van der Waals surface area contributed by atoms with Crippen LogP contribution in [-0.4, -0.2) is 41.1 Å². The normalized spacial score (nSPS) is 24.0. The maximum atomic E-state index is 14.0. The van der Waals surface area contributed by atoms with Crippen molar-refractivity contribution in [1.82, 2.24) is 9.88 Å². The van der Waals surface area contributed by atoms with E-state index >= 15 is 0 Å². The van der Waals surface area contributed by atoms with Gasteiger partial charge in [-0.05, 0) is 44.2 Å². The number of hydrogen-bond acceptors (Lipinski definition) is 3. The van der Waals surface area contributed by atoms with Crippen LogP contribution >= 0.6 is 0 Å². The number of halogens is 1. The third kappa shape index (κ3) is 2.95. The van der Waals surface area contributed by atoms with Gasteiger partial charge in [0.1, 0.15) is 11.5 Å². The van der Waals surface area contributed by atoms with Gasteiger partial charge in [0, 0.05) is 31.1 Å². The molecule has 1 N–H and O–H groups in total. The Morgan fingerprint density at radius 2 is 2.04 bits per heavy atom. The van der Waals surface area contributed by atoms with Crippen molar-refractivity contribution in [1.29, 1.82) is 0 Å². The maximum Gasteiger partial charge on any atom is 0.270 e. The zero-order chi connectivity index (χ0) is 17.4. The van der Waals surface area contributed by atoms with Gasteiger partial charge in [-0.2, -0.15) is 0 Å². The second kappa shape index (κ2) is 6.26. The summed E-state index contributed by atoms with van der Waals surface area (Å²) in [6, 6.07) is 5.60. The molecule has 1 aromatic heterocycles. The minimum atomic E-state index is -0.529. The summed E-state index contributed by atoms with van der Waals surface area (Å²) in [5, 5.41) is 0.255. The van der Waals surface area contributed by atoms with E-state index in [0.29, 0.717) is 13.1 Å². The number of aromatic amines is 1. The van der Waals surface area contributed by atoms with Gasteiger partial charge < -0.3 is 14.6 Å². The van der Waals surface area contributed by atoms with Crippen LogP contribution in [0.2, 0.25) is 0 Å². The lowest BCUT2D eigenvalue weighted by Gasteiger charge is -2.26.